The molecular weight excluding hydrogens is 248 g/mol. The van der Waals surface area contributed by atoms with Crippen LogP contribution in [0.5, 0.6) is 0 Å². The van der Waals surface area contributed by atoms with Gasteiger partial charge in [-0.25, -0.2) is 4.98 Å². The lowest BCUT2D eigenvalue weighted by Crippen LogP contribution is -2.26. The third-order valence-corrected chi connectivity index (χ3v) is 4.00. The molecule has 1 aliphatic heterocycles. The zero-order valence-corrected chi connectivity index (χ0v) is 11.8. The molecule has 0 saturated heterocycles. The van der Waals surface area contributed by atoms with Gasteiger partial charge in [0.15, 0.2) is 0 Å². The molecule has 0 radical (unpaired) electrons. The van der Waals surface area contributed by atoms with E-state index < -0.39 is 6.10 Å². The largest absolute Gasteiger partial charge is 0.389 e. The maximum absolute atomic E-state index is 9.53. The van der Waals surface area contributed by atoms with Crippen molar-refractivity contribution < 1.29 is 5.11 Å². The molecule has 0 bridgehead atoms. The van der Waals surface area contributed by atoms with Gasteiger partial charge in [0, 0.05) is 19.3 Å². The third kappa shape index (κ3) is 2.68. The van der Waals surface area contributed by atoms with Crippen LogP contribution < -0.4 is 4.90 Å². The van der Waals surface area contributed by atoms with Crippen molar-refractivity contribution in [3.05, 3.63) is 59.3 Å². The molecule has 0 saturated carbocycles. The predicted molar refractivity (Wildman–Crippen MR) is 80.9 cm³/mol. The molecule has 2 aromatic rings. The first kappa shape index (κ1) is 13.1. The van der Waals surface area contributed by atoms with Gasteiger partial charge in [-0.15, -0.1) is 0 Å². The van der Waals surface area contributed by atoms with E-state index in [1.807, 2.05) is 12.1 Å². The van der Waals surface area contributed by atoms with Crippen molar-refractivity contribution in [2.24, 2.45) is 0 Å². The lowest BCUT2D eigenvalue weighted by Gasteiger charge is -2.21. The number of aliphatic hydroxyl groups is 1. The summed E-state index contributed by atoms with van der Waals surface area (Å²) in [6.07, 6.45) is 3.45. The molecule has 0 amide bonds. The molecule has 104 valence electrons. The molecular formula is C17H20N2O. The van der Waals surface area contributed by atoms with E-state index in [1.165, 1.54) is 11.1 Å². The molecule has 3 nitrogen and oxygen atoms in total. The highest BCUT2D eigenvalue weighted by molar-refractivity contribution is 5.42. The SMILES string of the molecule is C[C@@H](O)c1ccc(N2CCc3ccccc3CC2)nc1. The van der Waals surface area contributed by atoms with Crippen LogP contribution in [0.25, 0.3) is 0 Å². The first-order valence-corrected chi connectivity index (χ1v) is 7.20. The summed E-state index contributed by atoms with van der Waals surface area (Å²) >= 11 is 0. The molecule has 0 fully saturated rings. The summed E-state index contributed by atoms with van der Waals surface area (Å²) in [6, 6.07) is 12.7. The summed E-state index contributed by atoms with van der Waals surface area (Å²) in [5.41, 5.74) is 3.78. The van der Waals surface area contributed by atoms with E-state index in [0.29, 0.717) is 0 Å². The molecule has 1 aliphatic rings. The Bertz CT molecular complexity index is 551. The Morgan fingerprint density at radius 2 is 1.70 bits per heavy atom. The number of fused-ring (bicyclic) bond motifs is 1. The predicted octanol–water partition coefficient (Wildman–Crippen LogP) is 2.74. The van der Waals surface area contributed by atoms with E-state index in [2.05, 4.69) is 34.1 Å². The molecule has 3 rings (SSSR count). The normalized spacial score (nSPS) is 16.4. The van der Waals surface area contributed by atoms with Gasteiger partial charge in [-0.1, -0.05) is 30.3 Å². The van der Waals surface area contributed by atoms with Crippen LogP contribution in [-0.4, -0.2) is 23.2 Å². The Kier molecular flexibility index (Phi) is 3.70. The lowest BCUT2D eigenvalue weighted by atomic mass is 10.0. The molecule has 0 unspecified atom stereocenters. The minimum atomic E-state index is -0.454. The quantitative estimate of drug-likeness (QED) is 0.910. The van der Waals surface area contributed by atoms with Crippen LogP contribution in [0.15, 0.2) is 42.6 Å². The van der Waals surface area contributed by atoms with E-state index in [-0.39, 0.29) is 0 Å². The van der Waals surface area contributed by atoms with Crippen LogP contribution in [0.2, 0.25) is 0 Å². The standard InChI is InChI=1S/C17H20N2O/c1-13(20)16-6-7-17(18-12-16)19-10-8-14-4-2-3-5-15(14)9-11-19/h2-7,12-13,20H,8-11H2,1H3/t13-/m1/s1. The molecule has 1 N–H and O–H groups in total. The Balaban J connectivity index is 1.76. The van der Waals surface area contributed by atoms with E-state index in [9.17, 15) is 5.11 Å². The maximum atomic E-state index is 9.53. The zero-order valence-electron chi connectivity index (χ0n) is 11.8. The number of hydrogen-bond acceptors (Lipinski definition) is 3. The smallest absolute Gasteiger partial charge is 0.128 e. The average molecular weight is 268 g/mol. The molecule has 1 aromatic carbocycles. The third-order valence-electron chi connectivity index (χ3n) is 4.00. The van der Waals surface area contributed by atoms with E-state index in [0.717, 1.165) is 37.3 Å². The highest BCUT2D eigenvalue weighted by Crippen LogP contribution is 2.20. The number of anilines is 1. The zero-order chi connectivity index (χ0) is 13.9. The molecule has 3 heteroatoms. The van der Waals surface area contributed by atoms with Gasteiger partial charge in [-0.3, -0.25) is 0 Å². The fourth-order valence-electron chi connectivity index (χ4n) is 2.73. The Hall–Kier alpha value is -1.87. The van der Waals surface area contributed by atoms with Crippen LogP contribution >= 0.6 is 0 Å². The van der Waals surface area contributed by atoms with Gasteiger partial charge in [-0.2, -0.15) is 0 Å². The first-order chi connectivity index (χ1) is 9.74. The van der Waals surface area contributed by atoms with Crippen LogP contribution in [0.1, 0.15) is 29.7 Å². The van der Waals surface area contributed by atoms with Crippen LogP contribution in [0, 0.1) is 0 Å². The van der Waals surface area contributed by atoms with Crippen molar-refractivity contribution >= 4 is 5.82 Å². The van der Waals surface area contributed by atoms with Gasteiger partial charge < -0.3 is 10.0 Å². The number of pyridine rings is 1. The average Bonchev–Trinajstić information content (AvgIpc) is 2.70. The summed E-state index contributed by atoms with van der Waals surface area (Å²) in [6.45, 7) is 3.76. The molecule has 1 aromatic heterocycles. The second-order valence-electron chi connectivity index (χ2n) is 5.38. The Morgan fingerprint density at radius 1 is 1.05 bits per heavy atom. The maximum Gasteiger partial charge on any atom is 0.128 e. The molecule has 2 heterocycles. The van der Waals surface area contributed by atoms with Crippen LogP contribution in [0.3, 0.4) is 0 Å². The van der Waals surface area contributed by atoms with Crippen LogP contribution in [0.4, 0.5) is 5.82 Å². The Morgan fingerprint density at radius 3 is 2.20 bits per heavy atom. The van der Waals surface area contributed by atoms with Gasteiger partial charge in [0.05, 0.1) is 6.10 Å². The van der Waals surface area contributed by atoms with Gasteiger partial charge in [0.25, 0.3) is 0 Å². The fraction of sp³-hybridized carbons (Fsp3) is 0.353. The van der Waals surface area contributed by atoms with Crippen LogP contribution in [-0.2, 0) is 12.8 Å². The van der Waals surface area contributed by atoms with E-state index >= 15 is 0 Å². The number of rotatable bonds is 2. The number of aliphatic hydroxyl groups excluding tert-OH is 1. The number of benzene rings is 1. The minimum absolute atomic E-state index is 0.454. The second-order valence-corrected chi connectivity index (χ2v) is 5.38. The molecule has 20 heavy (non-hydrogen) atoms. The van der Waals surface area contributed by atoms with E-state index in [1.54, 1.807) is 13.1 Å². The minimum Gasteiger partial charge on any atom is -0.389 e. The Labute approximate surface area is 119 Å². The van der Waals surface area contributed by atoms with Crippen molar-refractivity contribution in [3.8, 4) is 0 Å². The van der Waals surface area contributed by atoms with Crippen molar-refractivity contribution in [3.63, 3.8) is 0 Å². The van der Waals surface area contributed by atoms with E-state index in [4.69, 9.17) is 0 Å². The molecule has 0 spiro atoms. The van der Waals surface area contributed by atoms with Crippen molar-refractivity contribution in [1.29, 1.82) is 0 Å². The van der Waals surface area contributed by atoms with Gasteiger partial charge >= 0.3 is 0 Å². The highest BCUT2D eigenvalue weighted by Gasteiger charge is 2.14. The first-order valence-electron chi connectivity index (χ1n) is 7.20. The second kappa shape index (κ2) is 5.63. The summed E-state index contributed by atoms with van der Waals surface area (Å²) in [5, 5.41) is 9.53. The monoisotopic (exact) mass is 268 g/mol. The topological polar surface area (TPSA) is 36.4 Å². The number of hydrogen-bond donors (Lipinski definition) is 1. The van der Waals surface area contributed by atoms with Crippen molar-refractivity contribution in [2.75, 3.05) is 18.0 Å². The fourth-order valence-corrected chi connectivity index (χ4v) is 2.73. The lowest BCUT2D eigenvalue weighted by molar-refractivity contribution is 0.199. The van der Waals surface area contributed by atoms with Crippen molar-refractivity contribution in [2.45, 2.75) is 25.9 Å². The number of aromatic nitrogens is 1. The highest BCUT2D eigenvalue weighted by atomic mass is 16.3. The van der Waals surface area contributed by atoms with Gasteiger partial charge in [0.1, 0.15) is 5.82 Å². The van der Waals surface area contributed by atoms with Gasteiger partial charge in [0.2, 0.25) is 0 Å². The van der Waals surface area contributed by atoms with Crippen molar-refractivity contribution in [1.82, 2.24) is 4.98 Å². The summed E-state index contributed by atoms with van der Waals surface area (Å²) in [5.74, 6) is 1.00. The summed E-state index contributed by atoms with van der Waals surface area (Å²) in [4.78, 5) is 6.82. The molecule has 0 aliphatic carbocycles. The van der Waals surface area contributed by atoms with Gasteiger partial charge in [-0.05, 0) is 42.5 Å². The summed E-state index contributed by atoms with van der Waals surface area (Å²) < 4.78 is 0. The number of nitrogens with zero attached hydrogens (tertiary/aromatic N) is 2. The summed E-state index contributed by atoms with van der Waals surface area (Å²) in [7, 11) is 0. The molecule has 1 atom stereocenters.